The van der Waals surface area contributed by atoms with Crippen molar-refractivity contribution in [1.29, 1.82) is 0 Å². The number of ketones is 1. The molecule has 2 aromatic rings. The van der Waals surface area contributed by atoms with Gasteiger partial charge in [0.2, 0.25) is 0 Å². The second-order valence-electron chi connectivity index (χ2n) is 8.50. The Labute approximate surface area is 215 Å². The summed E-state index contributed by atoms with van der Waals surface area (Å²) in [5, 5.41) is 0. The fraction of sp³-hybridized carbons (Fsp3) is 0.400. The number of rotatable bonds is 16. The predicted molar refractivity (Wildman–Crippen MR) is 142 cm³/mol. The summed E-state index contributed by atoms with van der Waals surface area (Å²) in [5.41, 5.74) is 2.74. The van der Waals surface area contributed by atoms with Gasteiger partial charge in [0.15, 0.2) is 11.9 Å². The van der Waals surface area contributed by atoms with E-state index in [-0.39, 0.29) is 12.4 Å². The fourth-order valence-electron chi connectivity index (χ4n) is 3.58. The van der Waals surface area contributed by atoms with Crippen LogP contribution < -0.4 is 0 Å². The monoisotopic (exact) mass is 493 g/mol. The van der Waals surface area contributed by atoms with Gasteiger partial charge in [0.05, 0.1) is 19.8 Å². The molecule has 0 saturated heterocycles. The highest BCUT2D eigenvalue weighted by molar-refractivity contribution is 5.93. The maximum absolute atomic E-state index is 12.2. The van der Waals surface area contributed by atoms with E-state index < -0.39 is 18.2 Å². The molecule has 6 nitrogen and oxygen atoms in total. The zero-order valence-electron chi connectivity index (χ0n) is 21.9. The Bertz CT molecular complexity index is 967. The summed E-state index contributed by atoms with van der Waals surface area (Å²) in [5.74, 6) is -0.387. The van der Waals surface area contributed by atoms with Gasteiger partial charge in [0.25, 0.3) is 0 Å². The Kier molecular flexibility index (Phi) is 13.4. The third-order valence-electron chi connectivity index (χ3n) is 5.70. The first-order valence-electron chi connectivity index (χ1n) is 12.5. The standard InChI is InChI=1S/C30H39NO5/c1-5-31(6-2)20-28(24(3)32)18-13-19-29(35-22-27-16-11-8-12-17-27)30(36-25(4)33)23-34-21-26-14-9-7-10-15-26/h7-19,29-30H,5-6,20-23H2,1-4H3/b19-13+,28-18+/t29-,30+/m1/s1. The molecule has 0 amide bonds. The average Bonchev–Trinajstić information content (AvgIpc) is 2.88. The van der Waals surface area contributed by atoms with Crippen molar-refractivity contribution in [3.05, 3.63) is 95.6 Å². The molecule has 0 heterocycles. The summed E-state index contributed by atoms with van der Waals surface area (Å²) in [6, 6.07) is 19.6. The van der Waals surface area contributed by atoms with Gasteiger partial charge < -0.3 is 14.2 Å². The van der Waals surface area contributed by atoms with Crippen LogP contribution in [0.3, 0.4) is 0 Å². The highest BCUT2D eigenvalue weighted by Crippen LogP contribution is 2.14. The normalized spacial score (nSPS) is 13.6. The van der Waals surface area contributed by atoms with Crippen LogP contribution in [0.5, 0.6) is 0 Å². The SMILES string of the molecule is CCN(CC)C/C(=C\C=C\[C@@H](OCc1ccccc1)[C@H](COCc1ccccc1)OC(C)=O)C(C)=O. The number of carbonyl (C=O) groups excluding carboxylic acids is 2. The van der Waals surface area contributed by atoms with E-state index in [1.54, 1.807) is 6.92 Å². The second kappa shape index (κ2) is 16.6. The molecule has 0 spiro atoms. The molecule has 2 aromatic carbocycles. The molecule has 6 heteroatoms. The van der Waals surface area contributed by atoms with Gasteiger partial charge in [-0.2, -0.15) is 0 Å². The van der Waals surface area contributed by atoms with E-state index in [1.165, 1.54) is 6.92 Å². The van der Waals surface area contributed by atoms with Crippen molar-refractivity contribution in [1.82, 2.24) is 4.90 Å². The molecule has 194 valence electrons. The molecule has 0 aromatic heterocycles. The molecule has 0 radical (unpaired) electrons. The molecule has 0 aliphatic rings. The van der Waals surface area contributed by atoms with Gasteiger partial charge in [0, 0.05) is 19.0 Å². The predicted octanol–water partition coefficient (Wildman–Crippen LogP) is 5.13. The summed E-state index contributed by atoms with van der Waals surface area (Å²) in [6.45, 7) is 10.3. The van der Waals surface area contributed by atoms with Crippen LogP contribution in [0.2, 0.25) is 0 Å². The van der Waals surface area contributed by atoms with Crippen molar-refractivity contribution in [2.75, 3.05) is 26.2 Å². The van der Waals surface area contributed by atoms with Crippen LogP contribution in [0.1, 0.15) is 38.8 Å². The minimum atomic E-state index is -0.650. The van der Waals surface area contributed by atoms with Crippen molar-refractivity contribution in [3.8, 4) is 0 Å². The van der Waals surface area contributed by atoms with Gasteiger partial charge in [-0.1, -0.05) is 92.7 Å². The van der Waals surface area contributed by atoms with Crippen molar-refractivity contribution < 1.29 is 23.8 Å². The molecule has 0 fully saturated rings. The number of ether oxygens (including phenoxy) is 3. The van der Waals surface area contributed by atoms with Crippen LogP contribution in [0.15, 0.2) is 84.5 Å². The third-order valence-corrected chi connectivity index (χ3v) is 5.70. The van der Waals surface area contributed by atoms with E-state index in [0.29, 0.717) is 25.3 Å². The maximum atomic E-state index is 12.2. The van der Waals surface area contributed by atoms with Gasteiger partial charge in [-0.3, -0.25) is 14.5 Å². The first kappa shape index (κ1) is 29.2. The molecule has 0 N–H and O–H groups in total. The molecule has 0 aliphatic carbocycles. The summed E-state index contributed by atoms with van der Waals surface area (Å²) >= 11 is 0. The maximum Gasteiger partial charge on any atom is 0.303 e. The zero-order chi connectivity index (χ0) is 26.2. The number of hydrogen-bond donors (Lipinski definition) is 0. The highest BCUT2D eigenvalue weighted by atomic mass is 16.6. The summed E-state index contributed by atoms with van der Waals surface area (Å²) in [4.78, 5) is 26.3. The van der Waals surface area contributed by atoms with E-state index >= 15 is 0 Å². The fourth-order valence-corrected chi connectivity index (χ4v) is 3.58. The number of likely N-dealkylation sites (N-methyl/N-ethyl adjacent to an activating group) is 1. The highest BCUT2D eigenvalue weighted by Gasteiger charge is 2.24. The minimum Gasteiger partial charge on any atom is -0.457 e. The molecule has 0 aliphatic heterocycles. The molecule has 36 heavy (non-hydrogen) atoms. The van der Waals surface area contributed by atoms with E-state index in [2.05, 4.69) is 18.7 Å². The Morgan fingerprint density at radius 1 is 0.889 bits per heavy atom. The molecular weight excluding hydrogens is 454 g/mol. The number of carbonyl (C=O) groups is 2. The summed E-state index contributed by atoms with van der Waals surface area (Å²) < 4.78 is 17.7. The second-order valence-corrected chi connectivity index (χ2v) is 8.50. The number of Topliss-reactive ketones (excluding diaryl/α,β-unsaturated/α-hetero) is 1. The van der Waals surface area contributed by atoms with Crippen LogP contribution in [-0.4, -0.2) is 55.1 Å². The Morgan fingerprint density at radius 3 is 2.00 bits per heavy atom. The lowest BCUT2D eigenvalue weighted by molar-refractivity contribution is -0.158. The number of hydrogen-bond acceptors (Lipinski definition) is 6. The molecule has 2 atom stereocenters. The van der Waals surface area contributed by atoms with E-state index in [9.17, 15) is 9.59 Å². The summed E-state index contributed by atoms with van der Waals surface area (Å²) in [7, 11) is 0. The van der Waals surface area contributed by atoms with E-state index in [1.807, 2.05) is 78.9 Å². The number of benzene rings is 2. The third kappa shape index (κ3) is 11.1. The lowest BCUT2D eigenvalue weighted by Gasteiger charge is -2.25. The van der Waals surface area contributed by atoms with Gasteiger partial charge in [-0.15, -0.1) is 0 Å². The van der Waals surface area contributed by atoms with Gasteiger partial charge in [-0.05, 0) is 31.1 Å². The Hall–Kier alpha value is -3.06. The molecule has 0 saturated carbocycles. The topological polar surface area (TPSA) is 65.1 Å². The van der Waals surface area contributed by atoms with E-state index in [0.717, 1.165) is 24.2 Å². The van der Waals surface area contributed by atoms with Crippen LogP contribution >= 0.6 is 0 Å². The lowest BCUT2D eigenvalue weighted by Crippen LogP contribution is -2.35. The number of nitrogens with zero attached hydrogens (tertiary/aromatic N) is 1. The first-order valence-corrected chi connectivity index (χ1v) is 12.5. The summed E-state index contributed by atoms with van der Waals surface area (Å²) in [6.07, 6.45) is 4.23. The van der Waals surface area contributed by atoms with E-state index in [4.69, 9.17) is 14.2 Å². The molecule has 2 rings (SSSR count). The largest absolute Gasteiger partial charge is 0.457 e. The number of allylic oxidation sites excluding steroid dienone is 2. The zero-order valence-corrected chi connectivity index (χ0v) is 21.9. The molecule has 0 bridgehead atoms. The van der Waals surface area contributed by atoms with Crippen molar-refractivity contribution in [2.24, 2.45) is 0 Å². The van der Waals surface area contributed by atoms with Gasteiger partial charge >= 0.3 is 5.97 Å². The quantitative estimate of drug-likeness (QED) is 0.183. The van der Waals surface area contributed by atoms with Crippen LogP contribution in [0.25, 0.3) is 0 Å². The lowest BCUT2D eigenvalue weighted by atomic mass is 10.1. The van der Waals surface area contributed by atoms with Gasteiger partial charge in [0.1, 0.15) is 6.10 Å². The number of esters is 1. The Balaban J connectivity index is 2.20. The average molecular weight is 494 g/mol. The smallest absolute Gasteiger partial charge is 0.303 e. The van der Waals surface area contributed by atoms with Crippen LogP contribution in [-0.2, 0) is 37.0 Å². The van der Waals surface area contributed by atoms with Crippen molar-refractivity contribution in [2.45, 2.75) is 53.1 Å². The Morgan fingerprint density at radius 2 is 1.47 bits per heavy atom. The van der Waals surface area contributed by atoms with Crippen LogP contribution in [0.4, 0.5) is 0 Å². The van der Waals surface area contributed by atoms with Crippen molar-refractivity contribution in [3.63, 3.8) is 0 Å². The van der Waals surface area contributed by atoms with Gasteiger partial charge in [-0.25, -0.2) is 0 Å². The minimum absolute atomic E-state index is 0.0241. The molecular formula is C30H39NO5. The first-order chi connectivity index (χ1) is 17.4. The van der Waals surface area contributed by atoms with Crippen molar-refractivity contribution >= 4 is 11.8 Å². The van der Waals surface area contributed by atoms with Crippen LogP contribution in [0, 0.1) is 0 Å². The molecule has 0 unspecified atom stereocenters.